The van der Waals surface area contributed by atoms with Gasteiger partial charge in [0.15, 0.2) is 15.0 Å². The molecule has 2 aliphatic rings. The molecule has 2 aromatic carbocycles. The Bertz CT molecular complexity index is 1290. The van der Waals surface area contributed by atoms with Crippen LogP contribution in [-0.2, 0) is 25.8 Å². The summed E-state index contributed by atoms with van der Waals surface area (Å²) in [5, 5.41) is 2.78. The molecule has 0 unspecified atom stereocenters. The van der Waals surface area contributed by atoms with Crippen LogP contribution in [0.25, 0.3) is 0 Å². The summed E-state index contributed by atoms with van der Waals surface area (Å²) in [6.45, 7) is 5.23. The van der Waals surface area contributed by atoms with E-state index in [0.29, 0.717) is 16.6 Å². The van der Waals surface area contributed by atoms with Crippen molar-refractivity contribution in [3.63, 3.8) is 0 Å². The Kier molecular flexibility index (Phi) is 7.84. The van der Waals surface area contributed by atoms with Gasteiger partial charge in [-0.15, -0.1) is 0 Å². The standard InChI is InChI=1S/C26H31N3O6S2/c1-26(2,3)35-25(31)27-18(14-17-10-6-5-7-11-17)23(30)28-24-29(19-12-8-9-13-21(19)34-4)20-15-37(32,33)16-22(20)36-24/h5-13,18,20,22H,14-16H2,1-4H3,(H,27,31)/t18-,20-,22-/m0/s1. The predicted octanol–water partition coefficient (Wildman–Crippen LogP) is 3.43. The van der Waals surface area contributed by atoms with E-state index in [9.17, 15) is 18.0 Å². The number of carbonyl (C=O) groups excluding carboxylic acids is 2. The van der Waals surface area contributed by atoms with Gasteiger partial charge in [0.2, 0.25) is 0 Å². The highest BCUT2D eigenvalue weighted by Crippen LogP contribution is 2.43. The molecule has 2 amide bonds. The van der Waals surface area contributed by atoms with Gasteiger partial charge >= 0.3 is 6.09 Å². The molecule has 198 valence electrons. The molecule has 37 heavy (non-hydrogen) atoms. The van der Waals surface area contributed by atoms with E-state index in [0.717, 1.165) is 5.56 Å². The fourth-order valence-electron chi connectivity index (χ4n) is 4.35. The summed E-state index contributed by atoms with van der Waals surface area (Å²) in [6, 6.07) is 15.2. The summed E-state index contributed by atoms with van der Waals surface area (Å²) in [6.07, 6.45) is -0.499. The Morgan fingerprint density at radius 1 is 1.11 bits per heavy atom. The fraction of sp³-hybridized carbons (Fsp3) is 0.423. The molecule has 0 spiro atoms. The number of sulfone groups is 1. The molecule has 2 aliphatic heterocycles. The van der Waals surface area contributed by atoms with Crippen molar-refractivity contribution in [1.82, 2.24) is 5.32 Å². The highest BCUT2D eigenvalue weighted by atomic mass is 32.2. The molecule has 4 rings (SSSR count). The van der Waals surface area contributed by atoms with Gasteiger partial charge in [-0.2, -0.15) is 4.99 Å². The maximum atomic E-state index is 13.5. The summed E-state index contributed by atoms with van der Waals surface area (Å²) in [5.74, 6) is -0.0505. The summed E-state index contributed by atoms with van der Waals surface area (Å²) < 4.78 is 35.7. The number of nitrogens with one attached hydrogen (secondary N) is 1. The Hall–Kier alpha value is -3.05. The molecule has 0 saturated carbocycles. The average Bonchev–Trinajstić information content (AvgIpc) is 3.28. The molecule has 3 atom stereocenters. The van der Waals surface area contributed by atoms with Crippen molar-refractivity contribution in [2.45, 2.75) is 50.1 Å². The second-order valence-corrected chi connectivity index (χ2v) is 13.3. The molecule has 2 heterocycles. The normalized spacial score (nSPS) is 22.4. The summed E-state index contributed by atoms with van der Waals surface area (Å²) in [4.78, 5) is 32.3. The number of nitrogens with zero attached hydrogens (tertiary/aromatic N) is 2. The van der Waals surface area contributed by atoms with Crippen LogP contribution in [0.3, 0.4) is 0 Å². The largest absolute Gasteiger partial charge is 0.495 e. The first-order chi connectivity index (χ1) is 17.5. The van der Waals surface area contributed by atoms with Crippen LogP contribution in [0.4, 0.5) is 10.5 Å². The van der Waals surface area contributed by atoms with Crippen LogP contribution in [0.5, 0.6) is 5.75 Å². The molecule has 0 bridgehead atoms. The second-order valence-electron chi connectivity index (χ2n) is 9.96. The van der Waals surface area contributed by atoms with Gasteiger partial charge in [0, 0.05) is 11.7 Å². The zero-order valence-electron chi connectivity index (χ0n) is 21.2. The van der Waals surface area contributed by atoms with Crippen LogP contribution in [-0.4, -0.2) is 67.1 Å². The molecular formula is C26H31N3O6S2. The molecule has 0 aromatic heterocycles. The monoisotopic (exact) mass is 545 g/mol. The van der Waals surface area contributed by atoms with Crippen LogP contribution >= 0.6 is 11.8 Å². The number of fused-ring (bicyclic) bond motifs is 1. The molecule has 1 N–H and O–H groups in total. The Morgan fingerprint density at radius 3 is 2.46 bits per heavy atom. The maximum absolute atomic E-state index is 13.5. The number of amides is 2. The predicted molar refractivity (Wildman–Crippen MR) is 145 cm³/mol. The number of thioether (sulfide) groups is 1. The number of rotatable bonds is 6. The lowest BCUT2D eigenvalue weighted by Gasteiger charge is -2.26. The Morgan fingerprint density at radius 2 is 1.78 bits per heavy atom. The zero-order valence-corrected chi connectivity index (χ0v) is 22.8. The lowest BCUT2D eigenvalue weighted by atomic mass is 10.1. The van der Waals surface area contributed by atoms with Gasteiger partial charge in [-0.25, -0.2) is 13.2 Å². The molecule has 9 nitrogen and oxygen atoms in total. The van der Waals surface area contributed by atoms with Gasteiger partial charge in [0.1, 0.15) is 17.4 Å². The van der Waals surface area contributed by atoms with E-state index in [2.05, 4.69) is 10.3 Å². The van der Waals surface area contributed by atoms with Crippen molar-refractivity contribution in [3.8, 4) is 5.75 Å². The van der Waals surface area contributed by atoms with E-state index in [-0.39, 0.29) is 29.2 Å². The number of aliphatic imine (C=N–C) groups is 1. The van der Waals surface area contributed by atoms with Crippen molar-refractivity contribution < 1.29 is 27.5 Å². The third-order valence-electron chi connectivity index (χ3n) is 5.89. The first-order valence-corrected chi connectivity index (χ1v) is 14.6. The van der Waals surface area contributed by atoms with Crippen molar-refractivity contribution >= 4 is 44.5 Å². The summed E-state index contributed by atoms with van der Waals surface area (Å²) in [7, 11) is -1.69. The van der Waals surface area contributed by atoms with Gasteiger partial charge in [-0.1, -0.05) is 54.2 Å². The number of ether oxygens (including phenoxy) is 2. The molecule has 2 aromatic rings. The number of benzene rings is 2. The van der Waals surface area contributed by atoms with E-state index < -0.39 is 33.5 Å². The smallest absolute Gasteiger partial charge is 0.408 e. The SMILES string of the molecule is COc1ccccc1N1C(=NC(=O)[C@H](Cc2ccccc2)NC(=O)OC(C)(C)C)S[C@H]2CS(=O)(=O)C[C@@H]21. The number of anilines is 1. The van der Waals surface area contributed by atoms with Gasteiger partial charge < -0.3 is 19.7 Å². The molecule has 0 radical (unpaired) electrons. The number of alkyl carbamates (subject to hydrolysis) is 1. The van der Waals surface area contributed by atoms with E-state index in [1.807, 2.05) is 48.5 Å². The van der Waals surface area contributed by atoms with Gasteiger partial charge in [-0.3, -0.25) is 4.79 Å². The minimum absolute atomic E-state index is 0.00476. The number of carbonyl (C=O) groups is 2. The van der Waals surface area contributed by atoms with E-state index in [1.54, 1.807) is 31.7 Å². The number of para-hydroxylation sites is 2. The first-order valence-electron chi connectivity index (χ1n) is 11.9. The topological polar surface area (TPSA) is 114 Å². The van der Waals surface area contributed by atoms with Crippen LogP contribution in [0.15, 0.2) is 59.6 Å². The first kappa shape index (κ1) is 27.0. The summed E-state index contributed by atoms with van der Waals surface area (Å²) in [5.41, 5.74) is 0.746. The molecule has 0 aliphatic carbocycles. The van der Waals surface area contributed by atoms with Gasteiger partial charge in [-0.05, 0) is 38.5 Å². The number of hydrogen-bond donors (Lipinski definition) is 1. The number of hydrogen-bond acceptors (Lipinski definition) is 7. The number of methoxy groups -OCH3 is 1. The lowest BCUT2D eigenvalue weighted by Crippen LogP contribution is -2.45. The van der Waals surface area contributed by atoms with Crippen LogP contribution < -0.4 is 15.0 Å². The Balaban J connectivity index is 1.67. The maximum Gasteiger partial charge on any atom is 0.408 e. The van der Waals surface area contributed by atoms with E-state index in [1.165, 1.54) is 18.9 Å². The minimum atomic E-state index is -3.22. The fourth-order valence-corrected chi connectivity index (χ4v) is 8.26. The highest BCUT2D eigenvalue weighted by molar-refractivity contribution is 8.16. The highest BCUT2D eigenvalue weighted by Gasteiger charge is 2.50. The third kappa shape index (κ3) is 6.64. The summed E-state index contributed by atoms with van der Waals surface area (Å²) >= 11 is 1.26. The molecule has 11 heteroatoms. The Labute approximate surface area is 221 Å². The second kappa shape index (κ2) is 10.7. The van der Waals surface area contributed by atoms with Crippen molar-refractivity contribution in [2.24, 2.45) is 4.99 Å². The third-order valence-corrected chi connectivity index (χ3v) is 9.10. The molecular weight excluding hydrogens is 514 g/mol. The molecule has 2 saturated heterocycles. The minimum Gasteiger partial charge on any atom is -0.495 e. The van der Waals surface area contributed by atoms with Crippen LogP contribution in [0, 0.1) is 0 Å². The van der Waals surface area contributed by atoms with Gasteiger partial charge in [0.25, 0.3) is 5.91 Å². The van der Waals surface area contributed by atoms with Crippen LogP contribution in [0.1, 0.15) is 26.3 Å². The van der Waals surface area contributed by atoms with Crippen molar-refractivity contribution in [1.29, 1.82) is 0 Å². The van der Waals surface area contributed by atoms with E-state index in [4.69, 9.17) is 9.47 Å². The zero-order chi connectivity index (χ0) is 26.8. The number of amidine groups is 1. The van der Waals surface area contributed by atoms with Gasteiger partial charge in [0.05, 0.1) is 30.3 Å². The average molecular weight is 546 g/mol. The molecule has 2 fully saturated rings. The van der Waals surface area contributed by atoms with E-state index >= 15 is 0 Å². The lowest BCUT2D eigenvalue weighted by molar-refractivity contribution is -0.119. The quantitative estimate of drug-likeness (QED) is 0.587. The van der Waals surface area contributed by atoms with Crippen molar-refractivity contribution in [3.05, 3.63) is 60.2 Å². The van der Waals surface area contributed by atoms with Crippen molar-refractivity contribution in [2.75, 3.05) is 23.5 Å². The van der Waals surface area contributed by atoms with Crippen LogP contribution in [0.2, 0.25) is 0 Å².